The molecule has 0 aromatic carbocycles. The molecular formula is C16H18NO5-. The van der Waals surface area contributed by atoms with Crippen molar-refractivity contribution >= 4 is 17.8 Å². The molecule has 1 saturated carbocycles. The Hall–Kier alpha value is -2.11. The Bertz CT molecular complexity index is 594. The van der Waals surface area contributed by atoms with Gasteiger partial charge in [0.25, 0.3) is 0 Å². The number of rotatable bonds is 4. The minimum Gasteiger partial charge on any atom is -0.550 e. The van der Waals surface area contributed by atoms with Crippen LogP contribution in [0.1, 0.15) is 44.4 Å². The number of imide groups is 1. The lowest BCUT2D eigenvalue weighted by molar-refractivity contribution is -0.306. The molecule has 1 saturated heterocycles. The fourth-order valence-corrected chi connectivity index (χ4v) is 3.68. The molecule has 1 aromatic rings. The number of carbonyl (C=O) groups is 3. The first kappa shape index (κ1) is 14.8. The zero-order valence-electron chi connectivity index (χ0n) is 12.4. The van der Waals surface area contributed by atoms with Crippen LogP contribution >= 0.6 is 0 Å². The summed E-state index contributed by atoms with van der Waals surface area (Å²) in [5, 5.41) is 11.0. The van der Waals surface area contributed by atoms with Crippen molar-refractivity contribution in [2.45, 2.75) is 38.6 Å². The highest BCUT2D eigenvalue weighted by Gasteiger charge is 2.52. The van der Waals surface area contributed by atoms with E-state index in [4.69, 9.17) is 4.42 Å². The summed E-state index contributed by atoms with van der Waals surface area (Å²) < 4.78 is 5.24. The van der Waals surface area contributed by atoms with Crippen LogP contribution in [0.15, 0.2) is 22.8 Å². The fraction of sp³-hybridized carbons (Fsp3) is 0.562. The van der Waals surface area contributed by atoms with Crippen molar-refractivity contribution in [3.8, 4) is 0 Å². The first-order valence-electron chi connectivity index (χ1n) is 7.59. The topological polar surface area (TPSA) is 90.7 Å². The molecule has 2 amide bonds. The number of hydrogen-bond acceptors (Lipinski definition) is 5. The summed E-state index contributed by atoms with van der Waals surface area (Å²) in [5.74, 6) is -1.80. The lowest BCUT2D eigenvalue weighted by Gasteiger charge is -2.25. The number of carboxylic acid groups (broad SMARTS) is 1. The molecule has 1 aliphatic heterocycles. The predicted octanol–water partition coefficient (Wildman–Crippen LogP) is 0.882. The van der Waals surface area contributed by atoms with Gasteiger partial charge in [0, 0.05) is 12.4 Å². The Balaban J connectivity index is 1.92. The monoisotopic (exact) mass is 304 g/mol. The van der Waals surface area contributed by atoms with Gasteiger partial charge in [0.2, 0.25) is 11.8 Å². The van der Waals surface area contributed by atoms with E-state index in [2.05, 4.69) is 6.92 Å². The fourth-order valence-electron chi connectivity index (χ4n) is 3.68. The molecule has 2 heterocycles. The molecule has 6 heteroatoms. The summed E-state index contributed by atoms with van der Waals surface area (Å²) >= 11 is 0. The third kappa shape index (κ3) is 2.42. The Kier molecular flexibility index (Phi) is 3.76. The molecule has 2 fully saturated rings. The largest absolute Gasteiger partial charge is 0.550 e. The second kappa shape index (κ2) is 5.59. The number of likely N-dealkylation sites (tertiary alicyclic amines) is 1. The molecule has 4 atom stereocenters. The first-order valence-corrected chi connectivity index (χ1v) is 7.59. The SMILES string of the molecule is C[C@@H]1CC[C@H]2C(=O)N([C@@H](CC(=O)[O-])c3ccco3)C(=O)[C@@H]2C1. The summed E-state index contributed by atoms with van der Waals surface area (Å²) in [7, 11) is 0. The van der Waals surface area contributed by atoms with Crippen molar-refractivity contribution in [3.63, 3.8) is 0 Å². The smallest absolute Gasteiger partial charge is 0.233 e. The van der Waals surface area contributed by atoms with Gasteiger partial charge in [-0.05, 0) is 37.3 Å². The third-order valence-electron chi connectivity index (χ3n) is 4.77. The first-order chi connectivity index (χ1) is 10.5. The molecule has 2 aliphatic rings. The number of furan rings is 1. The Morgan fingerprint density at radius 3 is 2.73 bits per heavy atom. The van der Waals surface area contributed by atoms with E-state index in [-0.39, 0.29) is 23.7 Å². The van der Waals surface area contributed by atoms with Crippen LogP contribution in [0.3, 0.4) is 0 Å². The van der Waals surface area contributed by atoms with Gasteiger partial charge in [-0.25, -0.2) is 0 Å². The highest BCUT2D eigenvalue weighted by Crippen LogP contribution is 2.43. The maximum atomic E-state index is 12.7. The van der Waals surface area contributed by atoms with E-state index in [0.717, 1.165) is 11.3 Å². The van der Waals surface area contributed by atoms with Gasteiger partial charge in [0.1, 0.15) is 11.8 Å². The second-order valence-corrected chi connectivity index (χ2v) is 6.29. The van der Waals surface area contributed by atoms with Crippen LogP contribution in [0.2, 0.25) is 0 Å². The van der Waals surface area contributed by atoms with Gasteiger partial charge < -0.3 is 14.3 Å². The van der Waals surface area contributed by atoms with E-state index in [1.54, 1.807) is 12.1 Å². The van der Waals surface area contributed by atoms with Gasteiger partial charge in [-0.3, -0.25) is 14.5 Å². The van der Waals surface area contributed by atoms with Crippen LogP contribution < -0.4 is 5.11 Å². The molecule has 1 aliphatic carbocycles. The van der Waals surface area contributed by atoms with Crippen LogP contribution in [0.4, 0.5) is 0 Å². The van der Waals surface area contributed by atoms with Crippen LogP contribution in [0, 0.1) is 17.8 Å². The predicted molar refractivity (Wildman–Crippen MR) is 72.9 cm³/mol. The summed E-state index contributed by atoms with van der Waals surface area (Å²) in [6.45, 7) is 2.07. The number of nitrogens with zero attached hydrogens (tertiary/aromatic N) is 1. The normalized spacial score (nSPS) is 29.5. The zero-order chi connectivity index (χ0) is 15.9. The summed E-state index contributed by atoms with van der Waals surface area (Å²) in [6.07, 6.45) is 3.24. The molecule has 0 bridgehead atoms. The van der Waals surface area contributed by atoms with Gasteiger partial charge in [0.05, 0.1) is 18.1 Å². The molecule has 3 rings (SSSR count). The van der Waals surface area contributed by atoms with E-state index >= 15 is 0 Å². The van der Waals surface area contributed by atoms with E-state index in [9.17, 15) is 19.5 Å². The molecular weight excluding hydrogens is 286 g/mol. The van der Waals surface area contributed by atoms with Gasteiger partial charge in [0.15, 0.2) is 0 Å². The Morgan fingerprint density at radius 1 is 1.36 bits per heavy atom. The van der Waals surface area contributed by atoms with Crippen LogP contribution in [0.25, 0.3) is 0 Å². The zero-order valence-corrected chi connectivity index (χ0v) is 12.4. The van der Waals surface area contributed by atoms with E-state index in [0.29, 0.717) is 24.5 Å². The van der Waals surface area contributed by atoms with Gasteiger partial charge in [-0.2, -0.15) is 0 Å². The van der Waals surface area contributed by atoms with E-state index in [1.165, 1.54) is 6.26 Å². The van der Waals surface area contributed by atoms with Crippen LogP contribution in [-0.4, -0.2) is 22.7 Å². The quantitative estimate of drug-likeness (QED) is 0.770. The third-order valence-corrected chi connectivity index (χ3v) is 4.77. The van der Waals surface area contributed by atoms with E-state index < -0.39 is 18.4 Å². The number of carbonyl (C=O) groups excluding carboxylic acids is 3. The minimum absolute atomic E-state index is 0.274. The van der Waals surface area contributed by atoms with Gasteiger partial charge in [-0.1, -0.05) is 6.92 Å². The molecule has 0 spiro atoms. The number of carboxylic acids is 1. The Morgan fingerprint density at radius 2 is 2.09 bits per heavy atom. The van der Waals surface area contributed by atoms with Crippen molar-refractivity contribution in [2.75, 3.05) is 0 Å². The van der Waals surface area contributed by atoms with Gasteiger partial charge >= 0.3 is 0 Å². The molecule has 1 aromatic heterocycles. The number of aliphatic carboxylic acids is 1. The standard InChI is InChI=1S/C16H19NO5/c1-9-4-5-10-11(7-9)16(21)17(15(10)20)12(8-14(18)19)13-3-2-6-22-13/h2-3,6,9-12H,4-5,7-8H2,1H3,(H,18,19)/p-1/t9-,10-,11-,12+/m1/s1. The average molecular weight is 304 g/mol. The van der Waals surface area contributed by atoms with Crippen molar-refractivity contribution in [2.24, 2.45) is 17.8 Å². The van der Waals surface area contributed by atoms with Crippen molar-refractivity contribution in [1.82, 2.24) is 4.90 Å². The maximum Gasteiger partial charge on any atom is 0.233 e. The maximum absolute atomic E-state index is 12.7. The van der Waals surface area contributed by atoms with Crippen molar-refractivity contribution < 1.29 is 23.9 Å². The summed E-state index contributed by atoms with van der Waals surface area (Å²) in [6, 6.07) is 2.28. The molecule has 0 N–H and O–H groups in total. The molecule has 118 valence electrons. The molecule has 0 unspecified atom stereocenters. The van der Waals surface area contributed by atoms with Crippen molar-refractivity contribution in [1.29, 1.82) is 0 Å². The highest BCUT2D eigenvalue weighted by atomic mass is 16.4. The number of amides is 2. The summed E-state index contributed by atoms with van der Waals surface area (Å²) in [5.41, 5.74) is 0. The van der Waals surface area contributed by atoms with E-state index in [1.807, 2.05) is 0 Å². The van der Waals surface area contributed by atoms with Crippen LogP contribution in [-0.2, 0) is 14.4 Å². The lowest BCUT2D eigenvalue weighted by Crippen LogP contribution is -2.38. The molecule has 6 nitrogen and oxygen atoms in total. The highest BCUT2D eigenvalue weighted by molar-refractivity contribution is 6.05. The number of hydrogen-bond donors (Lipinski definition) is 0. The summed E-state index contributed by atoms with van der Waals surface area (Å²) in [4.78, 5) is 37.4. The minimum atomic E-state index is -1.31. The average Bonchev–Trinajstić information content (AvgIpc) is 3.06. The van der Waals surface area contributed by atoms with Gasteiger partial charge in [-0.15, -0.1) is 0 Å². The lowest BCUT2D eigenvalue weighted by atomic mass is 9.76. The number of fused-ring (bicyclic) bond motifs is 1. The molecule has 22 heavy (non-hydrogen) atoms. The molecule has 0 radical (unpaired) electrons. The Labute approximate surface area is 128 Å². The second-order valence-electron chi connectivity index (χ2n) is 6.29. The van der Waals surface area contributed by atoms with Crippen LogP contribution in [0.5, 0.6) is 0 Å². The van der Waals surface area contributed by atoms with Crippen molar-refractivity contribution in [3.05, 3.63) is 24.2 Å².